The van der Waals surface area contributed by atoms with Crippen LogP contribution in [-0.4, -0.2) is 45.5 Å². The Hall–Kier alpha value is -2.26. The van der Waals surface area contributed by atoms with E-state index in [0.29, 0.717) is 27.3 Å². The Labute approximate surface area is 160 Å². The predicted octanol–water partition coefficient (Wildman–Crippen LogP) is 2.85. The van der Waals surface area contributed by atoms with E-state index in [2.05, 4.69) is 25.8 Å². The minimum absolute atomic E-state index is 0.0611. The van der Waals surface area contributed by atoms with Crippen molar-refractivity contribution < 1.29 is 14.3 Å². The quantitative estimate of drug-likeness (QED) is 0.646. The van der Waals surface area contributed by atoms with E-state index in [-0.39, 0.29) is 6.04 Å². The summed E-state index contributed by atoms with van der Waals surface area (Å²) < 4.78 is 5.30. The monoisotopic (exact) mass is 397 g/mol. The zero-order valence-corrected chi connectivity index (χ0v) is 16.4. The molecule has 2 rings (SSSR count). The number of amides is 3. The highest BCUT2D eigenvalue weighted by Gasteiger charge is 2.20. The van der Waals surface area contributed by atoms with E-state index in [9.17, 15) is 9.59 Å². The van der Waals surface area contributed by atoms with Crippen LogP contribution in [0.3, 0.4) is 0 Å². The van der Waals surface area contributed by atoms with Gasteiger partial charge in [0, 0.05) is 11.1 Å². The third-order valence-corrected chi connectivity index (χ3v) is 4.39. The summed E-state index contributed by atoms with van der Waals surface area (Å²) in [6.07, 6.45) is 0. The molecule has 3 amide bonds. The van der Waals surface area contributed by atoms with Gasteiger partial charge in [0.2, 0.25) is 11.1 Å². The number of imide groups is 1. The molecule has 0 aliphatic carbocycles. The minimum Gasteiger partial charge on any atom is -0.496 e. The van der Waals surface area contributed by atoms with E-state index in [1.165, 1.54) is 0 Å². The van der Waals surface area contributed by atoms with Gasteiger partial charge in [0.1, 0.15) is 5.75 Å². The minimum atomic E-state index is -0.558. The van der Waals surface area contributed by atoms with Gasteiger partial charge in [0.15, 0.2) is 5.82 Å². The fourth-order valence-electron chi connectivity index (χ4n) is 2.01. The molecule has 0 saturated heterocycles. The van der Waals surface area contributed by atoms with Gasteiger partial charge in [-0.05, 0) is 39.0 Å². The topological polar surface area (TPSA) is 109 Å². The maximum absolute atomic E-state index is 12.1. The van der Waals surface area contributed by atoms with Crippen molar-refractivity contribution in [3.05, 3.63) is 23.2 Å². The van der Waals surface area contributed by atoms with Gasteiger partial charge in [-0.15, -0.1) is 5.10 Å². The first-order chi connectivity index (χ1) is 12.3. The number of rotatable bonds is 6. The average molecular weight is 398 g/mol. The van der Waals surface area contributed by atoms with Crippen LogP contribution < -0.4 is 15.4 Å². The maximum atomic E-state index is 12.1. The zero-order chi connectivity index (χ0) is 19.3. The normalized spacial score (nSPS) is 11.9. The molecule has 1 atom stereocenters. The molecular formula is C16H20ClN5O3S. The number of carbonyl (C=O) groups is 2. The molecule has 8 nitrogen and oxygen atoms in total. The van der Waals surface area contributed by atoms with E-state index in [4.69, 9.17) is 16.3 Å². The summed E-state index contributed by atoms with van der Waals surface area (Å²) in [5.74, 6) is 0.634. The van der Waals surface area contributed by atoms with Crippen LogP contribution in [0.2, 0.25) is 5.02 Å². The number of benzene rings is 1. The molecule has 0 fully saturated rings. The van der Waals surface area contributed by atoms with Crippen LogP contribution in [0.4, 0.5) is 4.79 Å². The molecule has 1 aromatic carbocycles. The van der Waals surface area contributed by atoms with E-state index in [1.54, 1.807) is 32.2 Å². The number of carbonyl (C=O) groups excluding carboxylic acids is 2. The third-order valence-electron chi connectivity index (χ3n) is 3.19. The van der Waals surface area contributed by atoms with E-state index >= 15 is 0 Å². The Morgan fingerprint density at radius 2 is 2.04 bits per heavy atom. The molecule has 2 aromatic rings. The fraction of sp³-hybridized carbons (Fsp3) is 0.375. The number of H-pyrrole nitrogens is 1. The van der Waals surface area contributed by atoms with Crippen molar-refractivity contribution in [3.8, 4) is 17.1 Å². The number of ether oxygens (including phenoxy) is 1. The number of urea groups is 1. The lowest BCUT2D eigenvalue weighted by molar-refractivity contribution is -0.119. The van der Waals surface area contributed by atoms with E-state index in [1.807, 2.05) is 13.8 Å². The lowest BCUT2D eigenvalue weighted by Crippen LogP contribution is -2.45. The van der Waals surface area contributed by atoms with Gasteiger partial charge >= 0.3 is 6.03 Å². The average Bonchev–Trinajstić information content (AvgIpc) is 3.02. The summed E-state index contributed by atoms with van der Waals surface area (Å²) in [5, 5.41) is 12.1. The van der Waals surface area contributed by atoms with Gasteiger partial charge in [-0.1, -0.05) is 23.4 Å². The summed E-state index contributed by atoms with van der Waals surface area (Å²) in [5.41, 5.74) is 0.660. The molecule has 26 heavy (non-hydrogen) atoms. The van der Waals surface area contributed by atoms with Gasteiger partial charge in [0.05, 0.1) is 17.9 Å². The number of hydrogen-bond donors (Lipinski definition) is 3. The van der Waals surface area contributed by atoms with E-state index in [0.717, 1.165) is 11.8 Å². The van der Waals surface area contributed by atoms with Crippen LogP contribution in [0, 0.1) is 0 Å². The van der Waals surface area contributed by atoms with Crippen molar-refractivity contribution in [2.75, 3.05) is 7.11 Å². The molecule has 1 aromatic heterocycles. The summed E-state index contributed by atoms with van der Waals surface area (Å²) in [7, 11) is 1.55. The number of nitrogens with zero attached hydrogens (tertiary/aromatic N) is 2. The second-order valence-corrected chi connectivity index (χ2v) is 7.43. The molecule has 0 bridgehead atoms. The molecule has 10 heteroatoms. The van der Waals surface area contributed by atoms with Crippen molar-refractivity contribution >= 4 is 35.3 Å². The van der Waals surface area contributed by atoms with Crippen molar-refractivity contribution in [3.63, 3.8) is 0 Å². The largest absolute Gasteiger partial charge is 0.496 e. The Balaban J connectivity index is 2.05. The third kappa shape index (κ3) is 5.37. The SMILES string of the molecule is COc1ccc(Cl)cc1-c1nc(S[C@@H](C)C(=O)NC(=O)NC(C)C)n[nH]1. The van der Waals surface area contributed by atoms with Crippen molar-refractivity contribution in [1.29, 1.82) is 0 Å². The molecular weight excluding hydrogens is 378 g/mol. The standard InChI is InChI=1S/C16H20ClN5O3S/c1-8(2)18-15(24)20-14(23)9(3)26-16-19-13(21-22-16)11-7-10(17)5-6-12(11)25-4/h5-9H,1-4H3,(H,19,21,22)(H2,18,20,23,24)/t9-/m0/s1. The van der Waals surface area contributed by atoms with Crippen LogP contribution >= 0.6 is 23.4 Å². The lowest BCUT2D eigenvalue weighted by Gasteiger charge is -2.11. The number of nitrogens with one attached hydrogen (secondary N) is 3. The Bertz CT molecular complexity index is 796. The highest BCUT2D eigenvalue weighted by Crippen LogP contribution is 2.31. The fourth-order valence-corrected chi connectivity index (χ4v) is 2.90. The Morgan fingerprint density at radius 1 is 1.31 bits per heavy atom. The lowest BCUT2D eigenvalue weighted by atomic mass is 10.2. The first-order valence-corrected chi connectivity index (χ1v) is 9.10. The summed E-state index contributed by atoms with van der Waals surface area (Å²) in [4.78, 5) is 28.0. The first-order valence-electron chi connectivity index (χ1n) is 7.84. The van der Waals surface area contributed by atoms with Crippen molar-refractivity contribution in [2.24, 2.45) is 0 Å². The van der Waals surface area contributed by atoms with Crippen LogP contribution in [0.1, 0.15) is 20.8 Å². The molecule has 0 spiro atoms. The number of methoxy groups -OCH3 is 1. The number of aromatic nitrogens is 3. The highest BCUT2D eigenvalue weighted by atomic mass is 35.5. The first kappa shape index (κ1) is 20.1. The molecule has 3 N–H and O–H groups in total. The van der Waals surface area contributed by atoms with Gasteiger partial charge in [-0.3, -0.25) is 15.2 Å². The second kappa shape index (κ2) is 8.91. The molecule has 140 valence electrons. The second-order valence-electron chi connectivity index (χ2n) is 5.69. The molecule has 0 radical (unpaired) electrons. The summed E-state index contributed by atoms with van der Waals surface area (Å²) in [6.45, 7) is 5.28. The Morgan fingerprint density at radius 3 is 2.69 bits per heavy atom. The van der Waals surface area contributed by atoms with Gasteiger partial charge in [0.25, 0.3) is 0 Å². The van der Waals surface area contributed by atoms with Crippen LogP contribution in [0.5, 0.6) is 5.75 Å². The van der Waals surface area contributed by atoms with Crippen LogP contribution in [-0.2, 0) is 4.79 Å². The number of thioether (sulfide) groups is 1. The predicted molar refractivity (Wildman–Crippen MR) is 101 cm³/mol. The zero-order valence-electron chi connectivity index (χ0n) is 14.8. The Kier molecular flexibility index (Phi) is 6.87. The van der Waals surface area contributed by atoms with Gasteiger partial charge in [-0.25, -0.2) is 9.78 Å². The van der Waals surface area contributed by atoms with Crippen molar-refractivity contribution in [2.45, 2.75) is 37.2 Å². The van der Waals surface area contributed by atoms with Gasteiger partial charge < -0.3 is 10.1 Å². The van der Waals surface area contributed by atoms with Crippen molar-refractivity contribution in [1.82, 2.24) is 25.8 Å². The van der Waals surface area contributed by atoms with E-state index < -0.39 is 17.2 Å². The summed E-state index contributed by atoms with van der Waals surface area (Å²) >= 11 is 7.15. The highest BCUT2D eigenvalue weighted by molar-refractivity contribution is 8.00. The molecule has 0 aliphatic heterocycles. The maximum Gasteiger partial charge on any atom is 0.321 e. The number of halogens is 1. The molecule has 1 heterocycles. The molecule has 0 unspecified atom stereocenters. The molecule has 0 saturated carbocycles. The van der Waals surface area contributed by atoms with Gasteiger partial charge in [-0.2, -0.15) is 0 Å². The number of aromatic amines is 1. The van der Waals surface area contributed by atoms with Crippen LogP contribution in [0.25, 0.3) is 11.4 Å². The molecule has 0 aliphatic rings. The summed E-state index contributed by atoms with van der Waals surface area (Å²) in [6, 6.07) is 4.56. The smallest absolute Gasteiger partial charge is 0.321 e. The number of hydrogen-bond acceptors (Lipinski definition) is 6. The van der Waals surface area contributed by atoms with Crippen LogP contribution in [0.15, 0.2) is 23.4 Å².